The Bertz CT molecular complexity index is 1310. The van der Waals surface area contributed by atoms with Crippen molar-refractivity contribution in [2.75, 3.05) is 0 Å². The van der Waals surface area contributed by atoms with Gasteiger partial charge in [-0.3, -0.25) is 0 Å². The monoisotopic (exact) mass is 407 g/mol. The molecule has 0 amide bonds. The molecule has 0 atom stereocenters. The molecule has 0 saturated heterocycles. The van der Waals surface area contributed by atoms with Crippen LogP contribution in [0.25, 0.3) is 21.8 Å². The molecule has 0 aliphatic rings. The summed E-state index contributed by atoms with van der Waals surface area (Å²) in [5, 5.41) is 5.97. The summed E-state index contributed by atoms with van der Waals surface area (Å²) in [5.74, 6) is 1.85. The smallest absolute Gasteiger partial charge is 0.124 e. The number of nitrogens with zero attached hydrogens (tertiary/aromatic N) is 1. The van der Waals surface area contributed by atoms with Crippen molar-refractivity contribution in [2.24, 2.45) is 0 Å². The summed E-state index contributed by atoms with van der Waals surface area (Å²) in [4.78, 5) is 8.04. The lowest BCUT2D eigenvalue weighted by atomic mass is 10.0. The van der Waals surface area contributed by atoms with E-state index in [1.807, 2.05) is 24.3 Å². The molecule has 4 aromatic carbocycles. The van der Waals surface area contributed by atoms with Crippen molar-refractivity contribution in [3.05, 3.63) is 107 Å². The van der Waals surface area contributed by atoms with Crippen LogP contribution in [0.1, 0.15) is 22.5 Å². The summed E-state index contributed by atoms with van der Waals surface area (Å²) < 4.78 is 6.27. The highest BCUT2D eigenvalue weighted by Gasteiger charge is 2.10. The zero-order chi connectivity index (χ0) is 21.0. The van der Waals surface area contributed by atoms with Crippen LogP contribution in [0.3, 0.4) is 0 Å². The van der Waals surface area contributed by atoms with E-state index < -0.39 is 0 Å². The van der Waals surface area contributed by atoms with Crippen molar-refractivity contribution < 1.29 is 4.74 Å². The van der Waals surface area contributed by atoms with E-state index in [2.05, 4.69) is 82.9 Å². The van der Waals surface area contributed by atoms with Crippen LogP contribution in [0.5, 0.6) is 5.75 Å². The van der Waals surface area contributed by atoms with E-state index in [0.717, 1.165) is 22.6 Å². The first kappa shape index (κ1) is 19.3. The van der Waals surface area contributed by atoms with Gasteiger partial charge >= 0.3 is 0 Å². The average Bonchev–Trinajstić information content (AvgIpc) is 3.21. The summed E-state index contributed by atoms with van der Waals surface area (Å²) in [5.41, 5.74) is 5.64. The van der Waals surface area contributed by atoms with Gasteiger partial charge in [0.1, 0.15) is 18.2 Å². The molecule has 0 radical (unpaired) electrons. The molecule has 0 fully saturated rings. The average molecular weight is 408 g/mol. The number of imidazole rings is 1. The molecule has 0 aliphatic carbocycles. The van der Waals surface area contributed by atoms with E-state index in [4.69, 9.17) is 4.74 Å². The predicted molar refractivity (Wildman–Crippen MR) is 126 cm³/mol. The number of aryl methyl sites for hydroxylation is 1. The predicted octanol–water partition coefficient (Wildman–Crippen LogP) is 5.89. The number of benzene rings is 4. The molecule has 0 unspecified atom stereocenters. The van der Waals surface area contributed by atoms with E-state index in [0.29, 0.717) is 19.7 Å². The van der Waals surface area contributed by atoms with Crippen molar-refractivity contribution >= 4 is 21.8 Å². The SMILES string of the molecule is Cc1cccc(COc2ccc3ccccc3c2CNCc2nc3ccccc3[nH]2)c1. The Hall–Kier alpha value is -3.63. The number of aromatic amines is 1. The van der Waals surface area contributed by atoms with Crippen LogP contribution in [0.15, 0.2) is 84.9 Å². The fraction of sp³-hybridized carbons (Fsp3) is 0.148. The number of para-hydroxylation sites is 2. The summed E-state index contributed by atoms with van der Waals surface area (Å²) in [6.45, 7) is 4.01. The Balaban J connectivity index is 1.36. The summed E-state index contributed by atoms with van der Waals surface area (Å²) in [6.07, 6.45) is 0. The van der Waals surface area contributed by atoms with Gasteiger partial charge in [-0.05, 0) is 41.5 Å². The largest absolute Gasteiger partial charge is 0.489 e. The van der Waals surface area contributed by atoms with E-state index >= 15 is 0 Å². The quantitative estimate of drug-likeness (QED) is 0.353. The highest BCUT2D eigenvalue weighted by Crippen LogP contribution is 2.29. The first-order valence-electron chi connectivity index (χ1n) is 10.6. The summed E-state index contributed by atoms with van der Waals surface area (Å²) in [7, 11) is 0. The van der Waals surface area contributed by atoms with Crippen LogP contribution in [-0.4, -0.2) is 9.97 Å². The second-order valence-corrected chi connectivity index (χ2v) is 7.85. The number of ether oxygens (including phenoxy) is 1. The van der Waals surface area contributed by atoms with Gasteiger partial charge in [0.05, 0.1) is 17.6 Å². The minimum absolute atomic E-state index is 0.552. The number of hydrogen-bond donors (Lipinski definition) is 2. The van der Waals surface area contributed by atoms with Crippen LogP contribution < -0.4 is 10.1 Å². The molecule has 4 nitrogen and oxygen atoms in total. The molecule has 5 rings (SSSR count). The van der Waals surface area contributed by atoms with Crippen LogP contribution in [0, 0.1) is 6.92 Å². The van der Waals surface area contributed by atoms with Gasteiger partial charge in [0.2, 0.25) is 0 Å². The number of fused-ring (bicyclic) bond motifs is 2. The number of rotatable bonds is 7. The molecule has 0 saturated carbocycles. The highest BCUT2D eigenvalue weighted by molar-refractivity contribution is 5.87. The number of H-pyrrole nitrogens is 1. The Labute approximate surface area is 181 Å². The van der Waals surface area contributed by atoms with Gasteiger partial charge in [-0.25, -0.2) is 4.98 Å². The van der Waals surface area contributed by atoms with Gasteiger partial charge in [-0.1, -0.05) is 72.3 Å². The second kappa shape index (κ2) is 8.62. The van der Waals surface area contributed by atoms with Crippen molar-refractivity contribution in [1.29, 1.82) is 0 Å². The molecular weight excluding hydrogens is 382 g/mol. The summed E-state index contributed by atoms with van der Waals surface area (Å²) in [6, 6.07) is 29.2. The Kier molecular flexibility index (Phi) is 5.38. The van der Waals surface area contributed by atoms with Gasteiger partial charge in [0, 0.05) is 12.1 Å². The second-order valence-electron chi connectivity index (χ2n) is 7.85. The minimum Gasteiger partial charge on any atom is -0.489 e. The Morgan fingerprint density at radius 3 is 2.65 bits per heavy atom. The van der Waals surface area contributed by atoms with Gasteiger partial charge in [-0.2, -0.15) is 0 Å². The van der Waals surface area contributed by atoms with Crippen molar-refractivity contribution in [2.45, 2.75) is 26.6 Å². The number of nitrogens with one attached hydrogen (secondary N) is 2. The molecule has 2 N–H and O–H groups in total. The molecule has 31 heavy (non-hydrogen) atoms. The maximum atomic E-state index is 6.27. The third-order valence-electron chi connectivity index (χ3n) is 5.51. The Morgan fingerprint density at radius 1 is 0.871 bits per heavy atom. The maximum Gasteiger partial charge on any atom is 0.124 e. The molecule has 1 heterocycles. The molecule has 1 aromatic heterocycles. The van der Waals surface area contributed by atoms with Crippen molar-refractivity contribution in [3.8, 4) is 5.75 Å². The first-order chi connectivity index (χ1) is 15.3. The molecule has 0 spiro atoms. The third-order valence-corrected chi connectivity index (χ3v) is 5.51. The fourth-order valence-corrected chi connectivity index (χ4v) is 3.99. The normalized spacial score (nSPS) is 11.3. The lowest BCUT2D eigenvalue weighted by molar-refractivity contribution is 0.302. The number of hydrogen-bond acceptors (Lipinski definition) is 3. The molecule has 0 aliphatic heterocycles. The zero-order valence-corrected chi connectivity index (χ0v) is 17.6. The van der Waals surface area contributed by atoms with Gasteiger partial charge in [0.25, 0.3) is 0 Å². The molecule has 5 aromatic rings. The topological polar surface area (TPSA) is 49.9 Å². The third kappa shape index (κ3) is 4.30. The van der Waals surface area contributed by atoms with Crippen LogP contribution >= 0.6 is 0 Å². The zero-order valence-electron chi connectivity index (χ0n) is 17.6. The van der Waals surface area contributed by atoms with Gasteiger partial charge in [0.15, 0.2) is 0 Å². The van der Waals surface area contributed by atoms with E-state index in [9.17, 15) is 0 Å². The molecule has 0 bridgehead atoms. The van der Waals surface area contributed by atoms with Gasteiger partial charge in [-0.15, -0.1) is 0 Å². The fourth-order valence-electron chi connectivity index (χ4n) is 3.99. The minimum atomic E-state index is 0.552. The lowest BCUT2D eigenvalue weighted by Gasteiger charge is -2.15. The van der Waals surface area contributed by atoms with Crippen molar-refractivity contribution in [3.63, 3.8) is 0 Å². The summed E-state index contributed by atoms with van der Waals surface area (Å²) >= 11 is 0. The Morgan fingerprint density at radius 2 is 1.74 bits per heavy atom. The standard InChI is InChI=1S/C27H25N3O/c1-19-7-6-8-20(15-19)18-31-26-14-13-21-9-2-3-10-22(21)23(26)16-28-17-27-29-24-11-4-5-12-25(24)30-27/h2-15,28H,16-18H2,1H3,(H,29,30). The maximum absolute atomic E-state index is 6.27. The number of aromatic nitrogens is 2. The highest BCUT2D eigenvalue weighted by atomic mass is 16.5. The van der Waals surface area contributed by atoms with E-state index in [1.54, 1.807) is 0 Å². The van der Waals surface area contributed by atoms with Crippen LogP contribution in [0.2, 0.25) is 0 Å². The molecule has 154 valence electrons. The van der Waals surface area contributed by atoms with Crippen molar-refractivity contribution in [1.82, 2.24) is 15.3 Å². The van der Waals surface area contributed by atoms with Gasteiger partial charge < -0.3 is 15.0 Å². The van der Waals surface area contributed by atoms with E-state index in [1.165, 1.54) is 27.5 Å². The van der Waals surface area contributed by atoms with E-state index in [-0.39, 0.29) is 0 Å². The first-order valence-corrected chi connectivity index (χ1v) is 10.6. The molecule has 4 heteroatoms. The van der Waals surface area contributed by atoms with Crippen LogP contribution in [0.4, 0.5) is 0 Å². The van der Waals surface area contributed by atoms with Crippen LogP contribution in [-0.2, 0) is 19.7 Å². The lowest BCUT2D eigenvalue weighted by Crippen LogP contribution is -2.15. The molecular formula is C27H25N3O.